The van der Waals surface area contributed by atoms with Gasteiger partial charge in [0.2, 0.25) is 0 Å². The van der Waals surface area contributed by atoms with Crippen molar-refractivity contribution in [3.8, 4) is 0 Å². The summed E-state index contributed by atoms with van der Waals surface area (Å²) in [5.74, 6) is 0.430. The Balaban J connectivity index is 2.81. The Labute approximate surface area is 99.0 Å². The van der Waals surface area contributed by atoms with Crippen molar-refractivity contribution >= 4 is 23.4 Å². The van der Waals surface area contributed by atoms with Crippen LogP contribution < -0.4 is 11.5 Å². The van der Waals surface area contributed by atoms with Crippen LogP contribution in [0.15, 0.2) is 23.1 Å². The van der Waals surface area contributed by atoms with E-state index in [9.17, 15) is 4.79 Å². The number of nitrogens with two attached hydrogens (primary N) is 2. The molecule has 0 saturated carbocycles. The first-order chi connectivity index (χ1) is 7.56. The van der Waals surface area contributed by atoms with Crippen LogP contribution in [0.3, 0.4) is 0 Å². The zero-order valence-corrected chi connectivity index (χ0v) is 9.96. The second-order valence-corrected chi connectivity index (χ2v) is 4.74. The van der Waals surface area contributed by atoms with Crippen LogP contribution in [0, 0.1) is 5.92 Å². The van der Waals surface area contributed by atoms with E-state index in [-0.39, 0.29) is 12.5 Å². The Morgan fingerprint density at radius 2 is 2.25 bits per heavy atom. The maximum atomic E-state index is 11.1. The second kappa shape index (κ2) is 5.77. The van der Waals surface area contributed by atoms with E-state index in [1.807, 2.05) is 13.0 Å². The molecule has 1 unspecified atom stereocenters. The zero-order valence-electron chi connectivity index (χ0n) is 9.14. The minimum Gasteiger partial charge on any atom is -0.397 e. The third kappa shape index (κ3) is 3.15. The highest BCUT2D eigenvalue weighted by molar-refractivity contribution is 7.99. The van der Waals surface area contributed by atoms with Crippen LogP contribution in [0.4, 0.5) is 5.69 Å². The molecule has 4 nitrogen and oxygen atoms in total. The Bertz CT molecular complexity index is 382. The van der Waals surface area contributed by atoms with Crippen LogP contribution in [-0.4, -0.2) is 23.4 Å². The summed E-state index contributed by atoms with van der Waals surface area (Å²) < 4.78 is 0. The fraction of sp³-hybridized carbons (Fsp3) is 0.364. The summed E-state index contributed by atoms with van der Waals surface area (Å²) in [7, 11) is 0. The van der Waals surface area contributed by atoms with E-state index in [0.29, 0.717) is 11.3 Å². The monoisotopic (exact) mass is 240 g/mol. The van der Waals surface area contributed by atoms with Gasteiger partial charge in [0.15, 0.2) is 0 Å². The van der Waals surface area contributed by atoms with Crippen LogP contribution in [0.2, 0.25) is 0 Å². The van der Waals surface area contributed by atoms with E-state index in [0.717, 1.165) is 10.6 Å². The van der Waals surface area contributed by atoms with Crippen molar-refractivity contribution in [1.29, 1.82) is 0 Å². The van der Waals surface area contributed by atoms with Crippen molar-refractivity contribution in [1.82, 2.24) is 0 Å². The van der Waals surface area contributed by atoms with Gasteiger partial charge in [-0.3, -0.25) is 4.79 Å². The summed E-state index contributed by atoms with van der Waals surface area (Å²) in [6.45, 7) is 2.09. The number of aliphatic hydroxyl groups excluding tert-OH is 1. The third-order valence-corrected chi connectivity index (χ3v) is 3.57. The topological polar surface area (TPSA) is 89.3 Å². The van der Waals surface area contributed by atoms with Crippen molar-refractivity contribution in [2.75, 3.05) is 18.1 Å². The summed E-state index contributed by atoms with van der Waals surface area (Å²) in [5.41, 5.74) is 11.8. The van der Waals surface area contributed by atoms with E-state index >= 15 is 0 Å². The van der Waals surface area contributed by atoms with Gasteiger partial charge in [-0.1, -0.05) is 13.0 Å². The minimum atomic E-state index is -0.518. The number of rotatable bonds is 5. The number of hydrogen-bond donors (Lipinski definition) is 3. The molecule has 1 aromatic rings. The standard InChI is InChI=1S/C11H16N2O2S/c1-7(5-14)6-16-9-4-2-3-8(10(9)12)11(13)15/h2-4,7,14H,5-6,12H2,1H3,(H2,13,15). The molecule has 0 aliphatic heterocycles. The molecule has 1 atom stereocenters. The number of thioether (sulfide) groups is 1. The third-order valence-electron chi connectivity index (χ3n) is 2.17. The molecule has 88 valence electrons. The predicted molar refractivity (Wildman–Crippen MR) is 66.3 cm³/mol. The lowest BCUT2D eigenvalue weighted by Gasteiger charge is -2.10. The highest BCUT2D eigenvalue weighted by atomic mass is 32.2. The predicted octanol–water partition coefficient (Wildman–Crippen LogP) is 1.09. The summed E-state index contributed by atoms with van der Waals surface area (Å²) in [6, 6.07) is 5.20. The molecule has 0 aromatic heterocycles. The second-order valence-electron chi connectivity index (χ2n) is 3.68. The lowest BCUT2D eigenvalue weighted by Crippen LogP contribution is -2.14. The average molecular weight is 240 g/mol. The number of para-hydroxylation sites is 1. The van der Waals surface area contributed by atoms with Crippen LogP contribution in [0.1, 0.15) is 17.3 Å². The first kappa shape index (κ1) is 12.9. The number of carbonyl (C=O) groups excluding carboxylic acids is 1. The lowest BCUT2D eigenvalue weighted by molar-refractivity contribution is 0.100. The molecule has 0 aliphatic rings. The number of aliphatic hydroxyl groups is 1. The first-order valence-electron chi connectivity index (χ1n) is 4.98. The smallest absolute Gasteiger partial charge is 0.250 e. The van der Waals surface area contributed by atoms with E-state index < -0.39 is 5.91 Å². The Kier molecular flexibility index (Phi) is 4.64. The molecule has 0 spiro atoms. The molecule has 1 rings (SSSR count). The molecule has 0 saturated heterocycles. The highest BCUT2D eigenvalue weighted by Gasteiger charge is 2.10. The lowest BCUT2D eigenvalue weighted by atomic mass is 10.2. The van der Waals surface area contributed by atoms with Crippen molar-refractivity contribution in [2.45, 2.75) is 11.8 Å². The summed E-state index contributed by atoms with van der Waals surface area (Å²) >= 11 is 1.52. The molecule has 1 amide bonds. The molecule has 0 radical (unpaired) electrons. The molecule has 0 aliphatic carbocycles. The maximum Gasteiger partial charge on any atom is 0.250 e. The van der Waals surface area contributed by atoms with Crippen molar-refractivity contribution in [3.63, 3.8) is 0 Å². The van der Waals surface area contributed by atoms with Crippen molar-refractivity contribution in [3.05, 3.63) is 23.8 Å². The number of carbonyl (C=O) groups is 1. The Hall–Kier alpha value is -1.20. The maximum absolute atomic E-state index is 11.1. The van der Waals surface area contributed by atoms with Gasteiger partial charge in [0.1, 0.15) is 0 Å². The summed E-state index contributed by atoms with van der Waals surface area (Å²) in [4.78, 5) is 11.9. The molecular weight excluding hydrogens is 224 g/mol. The van der Waals surface area contributed by atoms with Gasteiger partial charge < -0.3 is 16.6 Å². The normalized spacial score (nSPS) is 12.4. The van der Waals surface area contributed by atoms with Gasteiger partial charge >= 0.3 is 0 Å². The highest BCUT2D eigenvalue weighted by Crippen LogP contribution is 2.28. The van der Waals surface area contributed by atoms with Gasteiger partial charge in [-0.05, 0) is 18.1 Å². The molecule has 5 N–H and O–H groups in total. The van der Waals surface area contributed by atoms with Crippen molar-refractivity contribution < 1.29 is 9.90 Å². The molecule has 0 fully saturated rings. The van der Waals surface area contributed by atoms with Gasteiger partial charge in [-0.2, -0.15) is 0 Å². The van der Waals surface area contributed by atoms with Gasteiger partial charge in [0, 0.05) is 17.3 Å². The van der Waals surface area contributed by atoms with E-state index in [2.05, 4.69) is 0 Å². The SMILES string of the molecule is CC(CO)CSc1cccc(C(N)=O)c1N. The van der Waals surface area contributed by atoms with Gasteiger partial charge in [-0.15, -0.1) is 11.8 Å². The fourth-order valence-corrected chi connectivity index (χ4v) is 2.18. The quantitative estimate of drug-likeness (QED) is 0.531. The van der Waals surface area contributed by atoms with Gasteiger partial charge in [0.25, 0.3) is 5.91 Å². The van der Waals surface area contributed by atoms with Crippen LogP contribution in [0.5, 0.6) is 0 Å². The number of nitrogen functional groups attached to an aromatic ring is 1. The molecular formula is C11H16N2O2S. The molecule has 16 heavy (non-hydrogen) atoms. The Morgan fingerprint density at radius 3 is 2.81 bits per heavy atom. The summed E-state index contributed by atoms with van der Waals surface area (Å²) in [6.07, 6.45) is 0. The van der Waals surface area contributed by atoms with Crippen LogP contribution >= 0.6 is 11.8 Å². The van der Waals surface area contributed by atoms with E-state index in [4.69, 9.17) is 16.6 Å². The zero-order chi connectivity index (χ0) is 12.1. The summed E-state index contributed by atoms with van der Waals surface area (Å²) in [5, 5.41) is 8.91. The van der Waals surface area contributed by atoms with Gasteiger partial charge in [-0.25, -0.2) is 0 Å². The van der Waals surface area contributed by atoms with Crippen LogP contribution in [-0.2, 0) is 0 Å². The van der Waals surface area contributed by atoms with Crippen molar-refractivity contribution in [2.24, 2.45) is 11.7 Å². The number of amides is 1. The fourth-order valence-electron chi connectivity index (χ4n) is 1.17. The number of primary amides is 1. The molecule has 0 heterocycles. The minimum absolute atomic E-state index is 0.141. The Morgan fingerprint density at radius 1 is 1.56 bits per heavy atom. The molecule has 0 bridgehead atoms. The number of benzene rings is 1. The van der Waals surface area contributed by atoms with E-state index in [1.165, 1.54) is 11.8 Å². The van der Waals surface area contributed by atoms with Gasteiger partial charge in [0.05, 0.1) is 11.3 Å². The van der Waals surface area contributed by atoms with E-state index in [1.54, 1.807) is 12.1 Å². The largest absolute Gasteiger partial charge is 0.397 e. The average Bonchev–Trinajstić information content (AvgIpc) is 2.26. The molecule has 1 aromatic carbocycles. The number of anilines is 1. The number of hydrogen-bond acceptors (Lipinski definition) is 4. The first-order valence-corrected chi connectivity index (χ1v) is 5.96. The van der Waals surface area contributed by atoms with Crippen LogP contribution in [0.25, 0.3) is 0 Å². The molecule has 5 heteroatoms.